The lowest BCUT2D eigenvalue weighted by Gasteiger charge is -1.95. The number of rotatable bonds is 4. The van der Waals surface area contributed by atoms with Crippen LogP contribution in [0.4, 0.5) is 0 Å². The molecule has 0 atom stereocenters. The fraction of sp³-hybridized carbons (Fsp3) is 0.273. The van der Waals surface area contributed by atoms with Gasteiger partial charge in [0.15, 0.2) is 0 Å². The Balaban J connectivity index is 2.41. The average Bonchev–Trinajstić information content (AvgIpc) is 2.15. The monoisotopic (exact) mass is 195 g/mol. The number of allylic oxidation sites excluding steroid dienone is 1. The van der Waals surface area contributed by atoms with Gasteiger partial charge in [0.05, 0.1) is 0 Å². The smallest absolute Gasteiger partial charge is 0.0406 e. The number of nitrogens with one attached hydrogen (secondary N) is 1. The van der Waals surface area contributed by atoms with Gasteiger partial charge in [-0.25, -0.2) is 0 Å². The van der Waals surface area contributed by atoms with E-state index in [1.807, 2.05) is 31.3 Å². The Morgan fingerprint density at radius 2 is 1.92 bits per heavy atom. The van der Waals surface area contributed by atoms with Gasteiger partial charge >= 0.3 is 0 Å². The highest BCUT2D eigenvalue weighted by Gasteiger charge is 1.88. The normalized spacial score (nSPS) is 10.9. The molecule has 1 aromatic carbocycles. The lowest BCUT2D eigenvalue weighted by Crippen LogP contribution is -2.03. The van der Waals surface area contributed by atoms with Crippen LogP contribution in [0.1, 0.15) is 5.56 Å². The first-order valence-corrected chi connectivity index (χ1v) is 4.75. The molecule has 1 nitrogen and oxygen atoms in total. The molecule has 0 unspecified atom stereocenters. The van der Waals surface area contributed by atoms with Gasteiger partial charge in [-0.1, -0.05) is 35.9 Å². The van der Waals surface area contributed by atoms with E-state index in [2.05, 4.69) is 17.5 Å². The molecule has 2 heteroatoms. The molecular weight excluding hydrogens is 182 g/mol. The molecule has 0 aromatic heterocycles. The first-order valence-electron chi connectivity index (χ1n) is 4.37. The quantitative estimate of drug-likeness (QED) is 0.729. The maximum absolute atomic E-state index is 5.77. The molecule has 13 heavy (non-hydrogen) atoms. The van der Waals surface area contributed by atoms with E-state index in [1.54, 1.807) is 0 Å². The van der Waals surface area contributed by atoms with Gasteiger partial charge in [-0.3, -0.25) is 0 Å². The van der Waals surface area contributed by atoms with Crippen LogP contribution < -0.4 is 5.32 Å². The van der Waals surface area contributed by atoms with E-state index in [4.69, 9.17) is 11.6 Å². The third-order valence-corrected chi connectivity index (χ3v) is 2.01. The van der Waals surface area contributed by atoms with E-state index in [-0.39, 0.29) is 0 Å². The van der Waals surface area contributed by atoms with Gasteiger partial charge < -0.3 is 5.32 Å². The molecule has 1 rings (SSSR count). The van der Waals surface area contributed by atoms with Gasteiger partial charge in [0.25, 0.3) is 0 Å². The molecule has 0 aliphatic heterocycles. The van der Waals surface area contributed by atoms with Crippen molar-refractivity contribution in [1.82, 2.24) is 5.32 Å². The van der Waals surface area contributed by atoms with Gasteiger partial charge in [0, 0.05) is 11.6 Å². The SMILES string of the molecule is CNC/C=C\Cc1ccc(Cl)cc1. The summed E-state index contributed by atoms with van der Waals surface area (Å²) in [5.74, 6) is 0. The minimum Gasteiger partial charge on any atom is -0.316 e. The minimum absolute atomic E-state index is 0.794. The van der Waals surface area contributed by atoms with E-state index in [0.717, 1.165) is 18.0 Å². The van der Waals surface area contributed by atoms with E-state index in [0.29, 0.717) is 0 Å². The van der Waals surface area contributed by atoms with Crippen molar-refractivity contribution < 1.29 is 0 Å². The van der Waals surface area contributed by atoms with Gasteiger partial charge in [-0.15, -0.1) is 0 Å². The molecule has 1 aromatic rings. The molecule has 0 bridgehead atoms. The minimum atomic E-state index is 0.794. The summed E-state index contributed by atoms with van der Waals surface area (Å²) >= 11 is 5.77. The van der Waals surface area contributed by atoms with Crippen LogP contribution in [0.25, 0.3) is 0 Å². The van der Waals surface area contributed by atoms with Gasteiger partial charge in [0.2, 0.25) is 0 Å². The molecule has 0 heterocycles. The highest BCUT2D eigenvalue weighted by Crippen LogP contribution is 2.09. The highest BCUT2D eigenvalue weighted by molar-refractivity contribution is 6.30. The number of hydrogen-bond acceptors (Lipinski definition) is 1. The van der Waals surface area contributed by atoms with Crippen molar-refractivity contribution >= 4 is 11.6 Å². The molecule has 0 spiro atoms. The van der Waals surface area contributed by atoms with Crippen molar-refractivity contribution in [3.8, 4) is 0 Å². The van der Waals surface area contributed by atoms with Gasteiger partial charge in [0.1, 0.15) is 0 Å². The van der Waals surface area contributed by atoms with Crippen LogP contribution >= 0.6 is 11.6 Å². The molecule has 0 aliphatic rings. The van der Waals surface area contributed by atoms with Crippen LogP contribution in [0.3, 0.4) is 0 Å². The zero-order valence-electron chi connectivity index (χ0n) is 7.76. The average molecular weight is 196 g/mol. The van der Waals surface area contributed by atoms with Crippen LogP contribution in [-0.2, 0) is 6.42 Å². The van der Waals surface area contributed by atoms with Crippen molar-refractivity contribution in [2.24, 2.45) is 0 Å². The largest absolute Gasteiger partial charge is 0.316 e. The third kappa shape index (κ3) is 4.11. The predicted octanol–water partition coefficient (Wildman–Crippen LogP) is 2.66. The standard InChI is InChI=1S/C11H14ClN/c1-13-9-3-2-4-10-5-7-11(12)8-6-10/h2-3,5-8,13H,4,9H2,1H3/b3-2-. The van der Waals surface area contributed by atoms with E-state index in [1.165, 1.54) is 5.56 Å². The number of benzene rings is 1. The first kappa shape index (κ1) is 10.3. The summed E-state index contributed by atoms with van der Waals surface area (Å²) in [5.41, 5.74) is 1.29. The summed E-state index contributed by atoms with van der Waals surface area (Å²) < 4.78 is 0. The topological polar surface area (TPSA) is 12.0 Å². The van der Waals surface area contributed by atoms with Gasteiger partial charge in [-0.2, -0.15) is 0 Å². The summed E-state index contributed by atoms with van der Waals surface area (Å²) in [6.07, 6.45) is 5.24. The van der Waals surface area contributed by atoms with E-state index >= 15 is 0 Å². The summed E-state index contributed by atoms with van der Waals surface area (Å²) in [6.45, 7) is 0.924. The van der Waals surface area contributed by atoms with Crippen LogP contribution in [0.15, 0.2) is 36.4 Å². The Morgan fingerprint density at radius 1 is 1.23 bits per heavy atom. The molecule has 70 valence electrons. The number of likely N-dealkylation sites (N-methyl/N-ethyl adjacent to an activating group) is 1. The maximum atomic E-state index is 5.77. The molecule has 0 radical (unpaired) electrons. The first-order chi connectivity index (χ1) is 6.33. The van der Waals surface area contributed by atoms with Crippen LogP contribution in [0.5, 0.6) is 0 Å². The third-order valence-electron chi connectivity index (χ3n) is 1.76. The zero-order valence-corrected chi connectivity index (χ0v) is 8.51. The second kappa shape index (κ2) is 5.79. The summed E-state index contributed by atoms with van der Waals surface area (Å²) in [7, 11) is 1.94. The predicted molar refractivity (Wildman–Crippen MR) is 58.2 cm³/mol. The van der Waals surface area contributed by atoms with Crippen molar-refractivity contribution in [3.05, 3.63) is 47.0 Å². The fourth-order valence-electron chi connectivity index (χ4n) is 1.04. The fourth-order valence-corrected chi connectivity index (χ4v) is 1.17. The van der Waals surface area contributed by atoms with Crippen molar-refractivity contribution in [1.29, 1.82) is 0 Å². The molecule has 0 amide bonds. The Labute approximate surface area is 84.4 Å². The van der Waals surface area contributed by atoms with E-state index in [9.17, 15) is 0 Å². The number of hydrogen-bond donors (Lipinski definition) is 1. The summed E-state index contributed by atoms with van der Waals surface area (Å²) in [4.78, 5) is 0. The van der Waals surface area contributed by atoms with Crippen LogP contribution in [-0.4, -0.2) is 13.6 Å². The lowest BCUT2D eigenvalue weighted by atomic mass is 10.1. The second-order valence-electron chi connectivity index (χ2n) is 2.86. The Bertz CT molecular complexity index is 264. The summed E-state index contributed by atoms with van der Waals surface area (Å²) in [5, 5.41) is 3.85. The Hall–Kier alpha value is -0.790. The van der Waals surface area contributed by atoms with Crippen molar-refractivity contribution in [2.45, 2.75) is 6.42 Å². The molecule has 0 fully saturated rings. The lowest BCUT2D eigenvalue weighted by molar-refractivity contribution is 0.916. The zero-order chi connectivity index (χ0) is 9.52. The van der Waals surface area contributed by atoms with Crippen molar-refractivity contribution in [2.75, 3.05) is 13.6 Å². The maximum Gasteiger partial charge on any atom is 0.0406 e. The summed E-state index contributed by atoms with van der Waals surface area (Å²) in [6, 6.07) is 7.93. The van der Waals surface area contributed by atoms with Crippen LogP contribution in [0, 0.1) is 0 Å². The Morgan fingerprint density at radius 3 is 2.54 bits per heavy atom. The number of halogens is 1. The molecule has 1 N–H and O–H groups in total. The molecule has 0 saturated heterocycles. The molecular formula is C11H14ClN. The highest BCUT2D eigenvalue weighted by atomic mass is 35.5. The molecule has 0 saturated carbocycles. The molecule has 0 aliphatic carbocycles. The van der Waals surface area contributed by atoms with Crippen molar-refractivity contribution in [3.63, 3.8) is 0 Å². The van der Waals surface area contributed by atoms with E-state index < -0.39 is 0 Å². The second-order valence-corrected chi connectivity index (χ2v) is 3.30. The Kier molecular flexibility index (Phi) is 4.58. The van der Waals surface area contributed by atoms with Crippen LogP contribution in [0.2, 0.25) is 5.02 Å². The van der Waals surface area contributed by atoms with Gasteiger partial charge in [-0.05, 0) is 31.2 Å².